The van der Waals surface area contributed by atoms with E-state index in [1.807, 2.05) is 0 Å². The highest BCUT2D eigenvalue weighted by Crippen LogP contribution is 2.23. The first-order valence-electron chi connectivity index (χ1n) is 5.72. The highest BCUT2D eigenvalue weighted by Gasteiger charge is 2.24. The Morgan fingerprint density at radius 3 is 2.33 bits per heavy atom. The van der Waals surface area contributed by atoms with Crippen molar-refractivity contribution in [2.75, 3.05) is 13.1 Å². The van der Waals surface area contributed by atoms with Crippen LogP contribution < -0.4 is 15.8 Å². The van der Waals surface area contributed by atoms with Gasteiger partial charge in [-0.25, -0.2) is 0 Å². The number of hydrogen-bond acceptors (Lipinski definition) is 4. The second-order valence-corrected chi connectivity index (χ2v) is 4.47. The van der Waals surface area contributed by atoms with Gasteiger partial charge in [-0.05, 0) is 18.2 Å². The predicted octanol–water partition coefficient (Wildman–Crippen LogP) is 1.54. The molecule has 0 saturated carbocycles. The van der Waals surface area contributed by atoms with E-state index in [2.05, 4.69) is 5.32 Å². The number of nitrogens with one attached hydrogen (secondary N) is 1. The van der Waals surface area contributed by atoms with Gasteiger partial charge in [0.05, 0.1) is 10.6 Å². The molecule has 0 unspecified atom stereocenters. The zero-order valence-electron chi connectivity index (χ0n) is 10.6. The first-order valence-corrected chi connectivity index (χ1v) is 6.10. The number of benzene rings is 1. The second kappa shape index (κ2) is 7.28. The summed E-state index contributed by atoms with van der Waals surface area (Å²) < 4.78 is 36.8. The summed E-state index contributed by atoms with van der Waals surface area (Å²) in [5, 5.41) is 3.42. The average Bonchev–Trinajstić information content (AvgIpc) is 2.33. The summed E-state index contributed by atoms with van der Waals surface area (Å²) in [6.07, 6.45) is -5.51. The molecule has 3 N–H and O–H groups in total. The fraction of sp³-hybridized carbons (Fsp3) is 0.333. The van der Waals surface area contributed by atoms with Gasteiger partial charge in [0.1, 0.15) is 11.9 Å². The van der Waals surface area contributed by atoms with Crippen molar-refractivity contribution in [1.29, 1.82) is 0 Å². The molecule has 0 radical (unpaired) electrons. The summed E-state index contributed by atoms with van der Waals surface area (Å²) >= 11 is 5.87. The number of aldehydes is 1. The minimum atomic E-state index is -4.64. The van der Waals surface area contributed by atoms with Crippen LogP contribution in [-0.2, 0) is 4.79 Å². The molecule has 0 atom stereocenters. The van der Waals surface area contributed by atoms with E-state index in [-0.39, 0.29) is 6.10 Å². The van der Waals surface area contributed by atoms with Crippen molar-refractivity contribution >= 4 is 23.8 Å². The molecule has 1 aliphatic rings. The van der Waals surface area contributed by atoms with Gasteiger partial charge in [-0.1, -0.05) is 11.6 Å². The van der Waals surface area contributed by atoms with Crippen LogP contribution in [0.5, 0.6) is 5.75 Å². The zero-order chi connectivity index (χ0) is 16.0. The Balaban J connectivity index is 0.000000315. The lowest BCUT2D eigenvalue weighted by molar-refractivity contribution is -0.156. The SMILES string of the molecule is NC(=O)c1ccc(OC2CNC2)cc1Cl.O=CC(F)(F)F. The number of primary amides is 1. The van der Waals surface area contributed by atoms with E-state index in [9.17, 15) is 18.0 Å². The molecule has 0 spiro atoms. The number of carbonyl (C=O) groups is 2. The summed E-state index contributed by atoms with van der Waals surface area (Å²) in [6.45, 7) is 1.68. The van der Waals surface area contributed by atoms with Crippen LogP contribution in [0.4, 0.5) is 13.2 Å². The third-order valence-corrected chi connectivity index (χ3v) is 2.70. The van der Waals surface area contributed by atoms with Gasteiger partial charge in [0, 0.05) is 13.1 Å². The molecule has 116 valence electrons. The first kappa shape index (κ1) is 17.3. The standard InChI is InChI=1S/C10H11ClN2O2.C2HF3O/c11-9-3-6(15-7-4-13-5-7)1-2-8(9)10(12)14;3-2(4,5)1-6/h1-3,7,13H,4-5H2,(H2,12,14);1H. The van der Waals surface area contributed by atoms with Crippen molar-refractivity contribution in [3.8, 4) is 5.75 Å². The molecule has 1 aromatic rings. The topological polar surface area (TPSA) is 81.4 Å². The minimum absolute atomic E-state index is 0.195. The maximum Gasteiger partial charge on any atom is 0.446 e. The summed E-state index contributed by atoms with van der Waals surface area (Å²) in [7, 11) is 0. The number of alkyl halides is 3. The summed E-state index contributed by atoms with van der Waals surface area (Å²) in [5.74, 6) is 0.133. The minimum Gasteiger partial charge on any atom is -0.488 e. The Kier molecular flexibility index (Phi) is 5.98. The van der Waals surface area contributed by atoms with Crippen molar-refractivity contribution in [2.24, 2.45) is 5.73 Å². The Morgan fingerprint density at radius 1 is 1.43 bits per heavy atom. The molecule has 0 bridgehead atoms. The predicted molar refractivity (Wildman–Crippen MR) is 69.4 cm³/mol. The van der Waals surface area contributed by atoms with Crippen LogP contribution in [0, 0.1) is 0 Å². The van der Waals surface area contributed by atoms with Gasteiger partial charge >= 0.3 is 6.18 Å². The third kappa shape index (κ3) is 6.01. The Bertz CT molecular complexity index is 519. The number of hydrogen-bond donors (Lipinski definition) is 2. The molecule has 1 aromatic carbocycles. The number of amides is 1. The molecule has 0 aliphatic carbocycles. The van der Waals surface area contributed by atoms with E-state index in [0.717, 1.165) is 13.1 Å². The normalized spacial score (nSPS) is 14.5. The van der Waals surface area contributed by atoms with Crippen LogP contribution >= 0.6 is 11.6 Å². The molecule has 1 fully saturated rings. The molecule has 1 amide bonds. The first-order chi connectivity index (χ1) is 9.73. The van der Waals surface area contributed by atoms with E-state index >= 15 is 0 Å². The van der Waals surface area contributed by atoms with Gasteiger partial charge in [-0.15, -0.1) is 0 Å². The van der Waals surface area contributed by atoms with Crippen molar-refractivity contribution in [1.82, 2.24) is 5.32 Å². The maximum absolute atomic E-state index is 10.9. The van der Waals surface area contributed by atoms with Crippen LogP contribution in [0.25, 0.3) is 0 Å². The van der Waals surface area contributed by atoms with Crippen molar-refractivity contribution < 1.29 is 27.5 Å². The third-order valence-electron chi connectivity index (χ3n) is 2.39. The van der Waals surface area contributed by atoms with Crippen LogP contribution in [0.3, 0.4) is 0 Å². The van der Waals surface area contributed by atoms with Gasteiger partial charge in [0.25, 0.3) is 0 Å². The van der Waals surface area contributed by atoms with Crippen LogP contribution in [0.2, 0.25) is 5.02 Å². The van der Waals surface area contributed by atoms with Crippen LogP contribution in [-0.4, -0.2) is 37.6 Å². The smallest absolute Gasteiger partial charge is 0.446 e. The number of rotatable bonds is 3. The fourth-order valence-corrected chi connectivity index (χ4v) is 1.57. The van der Waals surface area contributed by atoms with E-state index < -0.39 is 18.4 Å². The zero-order valence-corrected chi connectivity index (χ0v) is 11.4. The number of carbonyl (C=O) groups excluding carboxylic acids is 2. The van der Waals surface area contributed by atoms with Crippen molar-refractivity contribution in [2.45, 2.75) is 12.3 Å². The quantitative estimate of drug-likeness (QED) is 0.826. The molecule has 9 heteroatoms. The highest BCUT2D eigenvalue weighted by molar-refractivity contribution is 6.33. The molecule has 5 nitrogen and oxygen atoms in total. The lowest BCUT2D eigenvalue weighted by Gasteiger charge is -2.27. The van der Waals surface area contributed by atoms with E-state index in [0.29, 0.717) is 16.3 Å². The summed E-state index contributed by atoms with van der Waals surface area (Å²) in [4.78, 5) is 19.6. The van der Waals surface area contributed by atoms with Crippen molar-refractivity contribution in [3.05, 3.63) is 28.8 Å². The van der Waals surface area contributed by atoms with E-state index in [1.165, 1.54) is 0 Å². The fourth-order valence-electron chi connectivity index (χ4n) is 1.31. The maximum atomic E-state index is 10.9. The molecule has 1 saturated heterocycles. The largest absolute Gasteiger partial charge is 0.488 e. The molecule has 21 heavy (non-hydrogen) atoms. The Hall–Kier alpha value is -1.80. The molecule has 1 heterocycles. The van der Waals surface area contributed by atoms with E-state index in [4.69, 9.17) is 26.9 Å². The number of halogens is 4. The second-order valence-electron chi connectivity index (χ2n) is 4.06. The average molecular weight is 325 g/mol. The van der Waals surface area contributed by atoms with Gasteiger partial charge in [0.15, 0.2) is 0 Å². The number of ether oxygens (including phenoxy) is 1. The monoisotopic (exact) mass is 324 g/mol. The lowest BCUT2D eigenvalue weighted by atomic mass is 10.2. The van der Waals surface area contributed by atoms with Gasteiger partial charge in [-0.2, -0.15) is 13.2 Å². The summed E-state index contributed by atoms with van der Waals surface area (Å²) in [6, 6.07) is 4.89. The lowest BCUT2D eigenvalue weighted by Crippen LogP contribution is -2.50. The van der Waals surface area contributed by atoms with Crippen LogP contribution in [0.1, 0.15) is 10.4 Å². The molecule has 0 aromatic heterocycles. The highest BCUT2D eigenvalue weighted by atomic mass is 35.5. The van der Waals surface area contributed by atoms with Gasteiger partial charge in [-0.3, -0.25) is 9.59 Å². The van der Waals surface area contributed by atoms with Gasteiger partial charge in [0.2, 0.25) is 12.2 Å². The Labute approximate surface area is 123 Å². The van der Waals surface area contributed by atoms with Crippen molar-refractivity contribution in [3.63, 3.8) is 0 Å². The molecular weight excluding hydrogens is 313 g/mol. The van der Waals surface area contributed by atoms with Crippen LogP contribution in [0.15, 0.2) is 18.2 Å². The molecule has 1 aliphatic heterocycles. The van der Waals surface area contributed by atoms with Gasteiger partial charge < -0.3 is 15.8 Å². The number of nitrogens with two attached hydrogens (primary N) is 1. The Morgan fingerprint density at radius 2 is 2.00 bits per heavy atom. The van der Waals surface area contributed by atoms with E-state index in [1.54, 1.807) is 18.2 Å². The molecule has 2 rings (SSSR count). The summed E-state index contributed by atoms with van der Waals surface area (Å²) in [5.41, 5.74) is 5.44. The molecular formula is C12H12ClF3N2O3.